The number of hydrogen-bond donors (Lipinski definition) is 1. The van der Waals surface area contributed by atoms with Crippen molar-refractivity contribution in [2.45, 2.75) is 6.04 Å². The fourth-order valence-corrected chi connectivity index (χ4v) is 2.81. The number of nitro benzene ring substituents is 1. The summed E-state index contributed by atoms with van der Waals surface area (Å²) in [6, 6.07) is 20.0. The summed E-state index contributed by atoms with van der Waals surface area (Å²) in [7, 11) is 0. The molecule has 0 heterocycles. The number of anilines is 1. The number of aldehydes is 1. The summed E-state index contributed by atoms with van der Waals surface area (Å²) in [5, 5.41) is 14.4. The number of nitrogens with zero attached hydrogens (tertiary/aromatic N) is 1. The molecule has 3 rings (SSSR count). The third kappa shape index (κ3) is 3.44. The van der Waals surface area contributed by atoms with Gasteiger partial charge in [0.05, 0.1) is 16.5 Å². The minimum atomic E-state index is -0.792. The Hall–Kier alpha value is -3.54. The van der Waals surface area contributed by atoms with Crippen LogP contribution in [0.3, 0.4) is 0 Å². The Morgan fingerprint density at radius 2 is 1.46 bits per heavy atom. The van der Waals surface area contributed by atoms with Crippen LogP contribution in [0.4, 0.5) is 15.8 Å². The molecule has 5 nitrogen and oxygen atoms in total. The molecule has 6 heteroatoms. The summed E-state index contributed by atoms with van der Waals surface area (Å²) in [4.78, 5) is 21.9. The summed E-state index contributed by atoms with van der Waals surface area (Å²) in [6.07, 6.45) is 0.350. The largest absolute Gasteiger partial charge is 0.366 e. The lowest BCUT2D eigenvalue weighted by molar-refractivity contribution is -0.384. The lowest BCUT2D eigenvalue weighted by Gasteiger charge is -2.21. The van der Waals surface area contributed by atoms with E-state index in [-0.39, 0.29) is 11.3 Å². The van der Waals surface area contributed by atoms with Crippen LogP contribution in [-0.2, 0) is 0 Å². The van der Waals surface area contributed by atoms with Gasteiger partial charge in [0.2, 0.25) is 0 Å². The maximum Gasteiger partial charge on any atom is 0.305 e. The minimum Gasteiger partial charge on any atom is -0.366 e. The molecule has 130 valence electrons. The third-order valence-corrected chi connectivity index (χ3v) is 4.02. The van der Waals surface area contributed by atoms with Crippen molar-refractivity contribution < 1.29 is 14.1 Å². The maximum atomic E-state index is 14.4. The average Bonchev–Trinajstić information content (AvgIpc) is 2.68. The zero-order valence-electron chi connectivity index (χ0n) is 13.6. The van der Waals surface area contributed by atoms with E-state index in [1.165, 1.54) is 0 Å². The topological polar surface area (TPSA) is 72.2 Å². The predicted octanol–water partition coefficient (Wildman–Crippen LogP) is 4.75. The Kier molecular flexibility index (Phi) is 5.03. The quantitative estimate of drug-likeness (QED) is 0.396. The Balaban J connectivity index is 2.14. The molecular weight excluding hydrogens is 335 g/mol. The molecule has 3 aromatic rings. The van der Waals surface area contributed by atoms with Gasteiger partial charge in [-0.25, -0.2) is 4.39 Å². The summed E-state index contributed by atoms with van der Waals surface area (Å²) >= 11 is 0. The minimum absolute atomic E-state index is 0.182. The van der Waals surface area contributed by atoms with E-state index in [4.69, 9.17) is 0 Å². The second-order valence-electron chi connectivity index (χ2n) is 5.63. The number of rotatable bonds is 6. The summed E-state index contributed by atoms with van der Waals surface area (Å²) in [5.74, 6) is -0.792. The van der Waals surface area contributed by atoms with E-state index >= 15 is 0 Å². The number of benzene rings is 3. The van der Waals surface area contributed by atoms with Gasteiger partial charge in [-0.05, 0) is 23.3 Å². The van der Waals surface area contributed by atoms with Crippen molar-refractivity contribution in [1.29, 1.82) is 0 Å². The molecule has 0 amide bonds. The zero-order valence-corrected chi connectivity index (χ0v) is 13.6. The van der Waals surface area contributed by atoms with Crippen LogP contribution in [0.1, 0.15) is 27.5 Å². The zero-order chi connectivity index (χ0) is 18.5. The van der Waals surface area contributed by atoms with Crippen LogP contribution in [0, 0.1) is 15.9 Å². The van der Waals surface area contributed by atoms with Crippen LogP contribution in [0.2, 0.25) is 0 Å². The number of nitro groups is 1. The second-order valence-corrected chi connectivity index (χ2v) is 5.63. The standard InChI is InChI=1S/C20H15FN2O3/c21-17-12-11-16(13-24)20(23(25)26)19(17)22-18(14-7-3-1-4-8-14)15-9-5-2-6-10-15/h1-13,18,22H. The van der Waals surface area contributed by atoms with Gasteiger partial charge in [-0.3, -0.25) is 14.9 Å². The number of halogens is 1. The van der Waals surface area contributed by atoms with Crippen LogP contribution in [0.15, 0.2) is 72.8 Å². The third-order valence-electron chi connectivity index (χ3n) is 4.02. The SMILES string of the molecule is O=Cc1ccc(F)c(NC(c2ccccc2)c2ccccc2)c1[N+](=O)[O-]. The monoisotopic (exact) mass is 350 g/mol. The van der Waals surface area contributed by atoms with Gasteiger partial charge in [0.1, 0.15) is 0 Å². The molecule has 0 unspecified atom stereocenters. The summed E-state index contributed by atoms with van der Waals surface area (Å²) in [5.41, 5.74) is 0.556. The van der Waals surface area contributed by atoms with Gasteiger partial charge in [-0.2, -0.15) is 0 Å². The summed E-state index contributed by atoms with van der Waals surface area (Å²) in [6.45, 7) is 0. The number of carbonyl (C=O) groups excluding carboxylic acids is 1. The lowest BCUT2D eigenvalue weighted by Crippen LogP contribution is -2.15. The lowest BCUT2D eigenvalue weighted by atomic mass is 9.98. The molecular formula is C20H15FN2O3. The second kappa shape index (κ2) is 7.57. The highest BCUT2D eigenvalue weighted by atomic mass is 19.1. The number of nitrogens with one attached hydrogen (secondary N) is 1. The molecule has 0 saturated heterocycles. The molecule has 0 aliphatic rings. The molecule has 0 fully saturated rings. The molecule has 3 aromatic carbocycles. The van der Waals surface area contributed by atoms with E-state index in [1.807, 2.05) is 60.7 Å². The molecule has 0 atom stereocenters. The van der Waals surface area contributed by atoms with E-state index < -0.39 is 22.5 Å². The highest BCUT2D eigenvalue weighted by Gasteiger charge is 2.26. The Bertz CT molecular complexity index is 891. The van der Waals surface area contributed by atoms with Crippen molar-refractivity contribution in [3.05, 3.63) is 105 Å². The predicted molar refractivity (Wildman–Crippen MR) is 96.8 cm³/mol. The first-order valence-corrected chi connectivity index (χ1v) is 7.90. The van der Waals surface area contributed by atoms with Crippen LogP contribution >= 0.6 is 0 Å². The van der Waals surface area contributed by atoms with Gasteiger partial charge < -0.3 is 5.32 Å². The highest BCUT2D eigenvalue weighted by molar-refractivity contribution is 5.87. The van der Waals surface area contributed by atoms with Crippen molar-refractivity contribution in [2.24, 2.45) is 0 Å². The molecule has 0 aliphatic heterocycles. The molecule has 0 radical (unpaired) electrons. The normalized spacial score (nSPS) is 10.5. The highest BCUT2D eigenvalue weighted by Crippen LogP contribution is 2.35. The van der Waals surface area contributed by atoms with Gasteiger partial charge in [0, 0.05) is 0 Å². The van der Waals surface area contributed by atoms with E-state index in [0.717, 1.165) is 23.3 Å². The van der Waals surface area contributed by atoms with Gasteiger partial charge in [0.25, 0.3) is 0 Å². The molecule has 0 aliphatic carbocycles. The van der Waals surface area contributed by atoms with Gasteiger partial charge in [-0.15, -0.1) is 0 Å². The van der Waals surface area contributed by atoms with Crippen molar-refractivity contribution >= 4 is 17.7 Å². The molecule has 0 spiro atoms. The maximum absolute atomic E-state index is 14.4. The Labute approximate surface area is 149 Å². The van der Waals surface area contributed by atoms with Crippen LogP contribution in [0.25, 0.3) is 0 Å². The summed E-state index contributed by atoms with van der Waals surface area (Å²) < 4.78 is 14.4. The van der Waals surface area contributed by atoms with Gasteiger partial charge in [0.15, 0.2) is 17.8 Å². The van der Waals surface area contributed by atoms with Crippen LogP contribution in [0.5, 0.6) is 0 Å². The Morgan fingerprint density at radius 1 is 0.923 bits per heavy atom. The first kappa shape index (κ1) is 17.3. The van der Waals surface area contributed by atoms with Crippen molar-refractivity contribution in [2.75, 3.05) is 5.32 Å². The van der Waals surface area contributed by atoms with Crippen molar-refractivity contribution in [3.8, 4) is 0 Å². The van der Waals surface area contributed by atoms with Crippen molar-refractivity contribution in [1.82, 2.24) is 0 Å². The van der Waals surface area contributed by atoms with Crippen LogP contribution < -0.4 is 5.32 Å². The first-order chi connectivity index (χ1) is 12.6. The molecule has 26 heavy (non-hydrogen) atoms. The number of hydrogen-bond acceptors (Lipinski definition) is 4. The smallest absolute Gasteiger partial charge is 0.305 e. The van der Waals surface area contributed by atoms with Gasteiger partial charge >= 0.3 is 5.69 Å². The van der Waals surface area contributed by atoms with Gasteiger partial charge in [-0.1, -0.05) is 60.7 Å². The molecule has 0 bridgehead atoms. The average molecular weight is 350 g/mol. The first-order valence-electron chi connectivity index (χ1n) is 7.90. The van der Waals surface area contributed by atoms with Crippen molar-refractivity contribution in [3.63, 3.8) is 0 Å². The number of carbonyl (C=O) groups is 1. The van der Waals surface area contributed by atoms with E-state index in [1.54, 1.807) is 0 Å². The van der Waals surface area contributed by atoms with Crippen LogP contribution in [-0.4, -0.2) is 11.2 Å². The van der Waals surface area contributed by atoms with E-state index in [0.29, 0.717) is 6.29 Å². The van der Waals surface area contributed by atoms with E-state index in [9.17, 15) is 19.3 Å². The Morgan fingerprint density at radius 3 is 1.92 bits per heavy atom. The fraction of sp³-hybridized carbons (Fsp3) is 0.0500. The fourth-order valence-electron chi connectivity index (χ4n) is 2.81. The molecule has 0 saturated carbocycles. The molecule has 0 aromatic heterocycles. The van der Waals surface area contributed by atoms with E-state index in [2.05, 4.69) is 5.32 Å². The molecule has 1 N–H and O–H groups in total.